The second-order valence-corrected chi connectivity index (χ2v) is 4.86. The normalized spacial score (nSPS) is 18.2. The number of imide groups is 1. The third-order valence-electron chi connectivity index (χ3n) is 3.46. The molecule has 112 valence electrons. The highest BCUT2D eigenvalue weighted by molar-refractivity contribution is 6.08. The highest BCUT2D eigenvalue weighted by Gasteiger charge is 2.41. The molecule has 1 aromatic heterocycles. The van der Waals surface area contributed by atoms with Crippen molar-refractivity contribution in [2.75, 3.05) is 13.6 Å². The minimum Gasteiger partial charge on any atom is -0.326 e. The summed E-state index contributed by atoms with van der Waals surface area (Å²) >= 11 is 0. The fourth-order valence-corrected chi connectivity index (χ4v) is 2.32. The number of pyridine rings is 1. The lowest BCUT2D eigenvalue weighted by Crippen LogP contribution is -2.45. The molecular weight excluding hydrogens is 277 g/mol. The first-order chi connectivity index (χ1) is 9.97. The van der Waals surface area contributed by atoms with Gasteiger partial charge >= 0.3 is 0 Å². The molecule has 1 aliphatic heterocycles. The standard InChI is InChI=1S/C14H16FN3O3/c1-3-6-18(11-7-12(19)17(2)14(11)21)13(20)9-4-5-16-8-10(9)15/h4-5,8,11H,3,6-7H2,1-2H3. The number of likely N-dealkylation sites (N-methyl/N-ethyl adjacent to an activating group) is 1. The van der Waals surface area contributed by atoms with Crippen LogP contribution in [0.4, 0.5) is 4.39 Å². The van der Waals surface area contributed by atoms with E-state index in [1.807, 2.05) is 6.92 Å². The van der Waals surface area contributed by atoms with E-state index in [0.29, 0.717) is 6.42 Å². The van der Waals surface area contributed by atoms with Gasteiger partial charge in [0.1, 0.15) is 6.04 Å². The Morgan fingerprint density at radius 1 is 1.52 bits per heavy atom. The van der Waals surface area contributed by atoms with Gasteiger partial charge in [0.15, 0.2) is 5.82 Å². The van der Waals surface area contributed by atoms with Crippen LogP contribution in [-0.2, 0) is 9.59 Å². The van der Waals surface area contributed by atoms with Crippen molar-refractivity contribution in [2.45, 2.75) is 25.8 Å². The molecule has 3 amide bonds. The molecule has 1 saturated heterocycles. The Labute approximate surface area is 121 Å². The molecule has 0 aromatic carbocycles. The van der Waals surface area contributed by atoms with E-state index < -0.39 is 23.7 Å². The van der Waals surface area contributed by atoms with E-state index in [1.165, 1.54) is 24.2 Å². The largest absolute Gasteiger partial charge is 0.326 e. The van der Waals surface area contributed by atoms with Gasteiger partial charge < -0.3 is 4.90 Å². The molecule has 6 nitrogen and oxygen atoms in total. The number of aromatic nitrogens is 1. The van der Waals surface area contributed by atoms with Crippen LogP contribution in [0.1, 0.15) is 30.1 Å². The number of hydrogen-bond acceptors (Lipinski definition) is 4. The Kier molecular flexibility index (Phi) is 4.30. The quantitative estimate of drug-likeness (QED) is 0.771. The average molecular weight is 293 g/mol. The van der Waals surface area contributed by atoms with E-state index in [1.54, 1.807) is 0 Å². The molecule has 21 heavy (non-hydrogen) atoms. The van der Waals surface area contributed by atoms with Crippen molar-refractivity contribution in [3.05, 3.63) is 29.8 Å². The smallest absolute Gasteiger partial charge is 0.257 e. The van der Waals surface area contributed by atoms with Crippen LogP contribution in [0.25, 0.3) is 0 Å². The van der Waals surface area contributed by atoms with Gasteiger partial charge in [0.2, 0.25) is 5.91 Å². The van der Waals surface area contributed by atoms with Gasteiger partial charge in [0.05, 0.1) is 18.2 Å². The van der Waals surface area contributed by atoms with Crippen molar-refractivity contribution >= 4 is 17.7 Å². The molecule has 1 unspecified atom stereocenters. The number of hydrogen-bond donors (Lipinski definition) is 0. The van der Waals surface area contributed by atoms with Crippen LogP contribution in [0, 0.1) is 5.82 Å². The SMILES string of the molecule is CCCN(C(=O)c1ccncc1F)C1CC(=O)N(C)C1=O. The highest BCUT2D eigenvalue weighted by atomic mass is 19.1. The molecular formula is C14H16FN3O3. The number of amides is 3. The zero-order valence-electron chi connectivity index (χ0n) is 11.9. The predicted octanol–water partition coefficient (Wildman–Crippen LogP) is 0.830. The van der Waals surface area contributed by atoms with Crippen LogP contribution < -0.4 is 0 Å². The van der Waals surface area contributed by atoms with E-state index in [9.17, 15) is 18.8 Å². The molecule has 1 fully saturated rings. The molecule has 0 bridgehead atoms. The monoisotopic (exact) mass is 293 g/mol. The first-order valence-corrected chi connectivity index (χ1v) is 6.68. The average Bonchev–Trinajstić information content (AvgIpc) is 2.72. The Morgan fingerprint density at radius 3 is 2.76 bits per heavy atom. The molecule has 0 spiro atoms. The number of halogens is 1. The van der Waals surface area contributed by atoms with Crippen LogP contribution in [0.2, 0.25) is 0 Å². The fourth-order valence-electron chi connectivity index (χ4n) is 2.32. The van der Waals surface area contributed by atoms with Crippen molar-refractivity contribution in [3.63, 3.8) is 0 Å². The molecule has 2 heterocycles. The second kappa shape index (κ2) is 5.99. The van der Waals surface area contributed by atoms with Crippen molar-refractivity contribution in [1.29, 1.82) is 0 Å². The minimum atomic E-state index is -0.859. The number of carbonyl (C=O) groups is 3. The summed E-state index contributed by atoms with van der Waals surface area (Å²) in [4.78, 5) is 42.0. The molecule has 1 aromatic rings. The summed E-state index contributed by atoms with van der Waals surface area (Å²) in [7, 11) is 1.38. The zero-order chi connectivity index (χ0) is 15.6. The molecule has 7 heteroatoms. The Hall–Kier alpha value is -2.31. The van der Waals surface area contributed by atoms with Gasteiger partial charge in [-0.1, -0.05) is 6.92 Å². The summed E-state index contributed by atoms with van der Waals surface area (Å²) in [6.07, 6.45) is 2.80. The number of carbonyl (C=O) groups excluding carboxylic acids is 3. The highest BCUT2D eigenvalue weighted by Crippen LogP contribution is 2.20. The van der Waals surface area contributed by atoms with Gasteiger partial charge in [0.25, 0.3) is 11.8 Å². The summed E-state index contributed by atoms with van der Waals surface area (Å²) in [5, 5.41) is 0. The first-order valence-electron chi connectivity index (χ1n) is 6.68. The molecule has 1 atom stereocenters. The van der Waals surface area contributed by atoms with Gasteiger partial charge in [-0.25, -0.2) is 4.39 Å². The lowest BCUT2D eigenvalue weighted by molar-refractivity contribution is -0.137. The fraction of sp³-hybridized carbons (Fsp3) is 0.429. The third-order valence-corrected chi connectivity index (χ3v) is 3.46. The molecule has 0 aliphatic carbocycles. The van der Waals surface area contributed by atoms with Crippen LogP contribution in [0.15, 0.2) is 18.5 Å². The second-order valence-electron chi connectivity index (χ2n) is 4.86. The minimum absolute atomic E-state index is 0.0617. The van der Waals surface area contributed by atoms with Crippen LogP contribution in [0.3, 0.4) is 0 Å². The first kappa shape index (κ1) is 15.1. The Bertz CT molecular complexity index is 591. The van der Waals surface area contributed by atoms with Gasteiger partial charge in [-0.15, -0.1) is 0 Å². The molecule has 2 rings (SSSR count). The van der Waals surface area contributed by atoms with Gasteiger partial charge in [-0.05, 0) is 12.5 Å². The van der Waals surface area contributed by atoms with Crippen molar-refractivity contribution in [3.8, 4) is 0 Å². The zero-order valence-corrected chi connectivity index (χ0v) is 11.9. The van der Waals surface area contributed by atoms with Crippen molar-refractivity contribution < 1.29 is 18.8 Å². The van der Waals surface area contributed by atoms with Gasteiger partial charge in [-0.3, -0.25) is 24.3 Å². The maximum absolute atomic E-state index is 13.7. The predicted molar refractivity (Wildman–Crippen MR) is 71.7 cm³/mol. The van der Waals surface area contributed by atoms with E-state index in [-0.39, 0.29) is 24.4 Å². The van der Waals surface area contributed by atoms with E-state index in [4.69, 9.17) is 0 Å². The van der Waals surface area contributed by atoms with Gasteiger partial charge in [-0.2, -0.15) is 0 Å². The van der Waals surface area contributed by atoms with Crippen LogP contribution in [0.5, 0.6) is 0 Å². The molecule has 0 saturated carbocycles. The summed E-state index contributed by atoms with van der Waals surface area (Å²) in [5.41, 5.74) is -0.145. The van der Waals surface area contributed by atoms with Crippen molar-refractivity contribution in [2.24, 2.45) is 0 Å². The van der Waals surface area contributed by atoms with E-state index in [2.05, 4.69) is 4.98 Å². The lowest BCUT2D eigenvalue weighted by Gasteiger charge is -2.27. The molecule has 0 radical (unpaired) electrons. The topological polar surface area (TPSA) is 70.6 Å². The lowest BCUT2D eigenvalue weighted by atomic mass is 10.1. The maximum atomic E-state index is 13.7. The van der Waals surface area contributed by atoms with Gasteiger partial charge in [0, 0.05) is 19.8 Å². The third kappa shape index (κ3) is 2.76. The Balaban J connectivity index is 2.32. The van der Waals surface area contributed by atoms with Crippen LogP contribution >= 0.6 is 0 Å². The van der Waals surface area contributed by atoms with E-state index >= 15 is 0 Å². The summed E-state index contributed by atoms with van der Waals surface area (Å²) in [5.74, 6) is -2.11. The maximum Gasteiger partial charge on any atom is 0.257 e. The number of likely N-dealkylation sites (tertiary alicyclic amines) is 1. The molecule has 0 N–H and O–H groups in total. The van der Waals surface area contributed by atoms with E-state index in [0.717, 1.165) is 11.1 Å². The Morgan fingerprint density at radius 2 is 2.24 bits per heavy atom. The number of nitrogens with zero attached hydrogens (tertiary/aromatic N) is 3. The summed E-state index contributed by atoms with van der Waals surface area (Å²) in [6, 6.07) is 0.410. The summed E-state index contributed by atoms with van der Waals surface area (Å²) < 4.78 is 13.7. The molecule has 1 aliphatic rings. The number of rotatable bonds is 4. The van der Waals surface area contributed by atoms with Crippen LogP contribution in [-0.4, -0.2) is 52.1 Å². The van der Waals surface area contributed by atoms with Crippen molar-refractivity contribution in [1.82, 2.24) is 14.8 Å². The summed E-state index contributed by atoms with van der Waals surface area (Å²) in [6.45, 7) is 2.12.